The van der Waals surface area contributed by atoms with Gasteiger partial charge in [-0.1, -0.05) is 6.92 Å². The second-order valence-electron chi connectivity index (χ2n) is 3.65. The third-order valence-electron chi connectivity index (χ3n) is 2.57. The number of piperidine rings is 1. The Morgan fingerprint density at radius 1 is 1.57 bits per heavy atom. The molecular weight excluding hydrogens is 194 g/mol. The highest BCUT2D eigenvalue weighted by Gasteiger charge is 2.13. The number of hydrogen-bond donors (Lipinski definition) is 2. The minimum atomic E-state index is 0.618. The van der Waals surface area contributed by atoms with E-state index in [1.54, 1.807) is 11.3 Å². The number of aryl methyl sites for hydroxylation is 1. The Morgan fingerprint density at radius 3 is 3.00 bits per heavy atom. The molecule has 0 spiro atoms. The van der Waals surface area contributed by atoms with Crippen molar-refractivity contribution < 1.29 is 0 Å². The van der Waals surface area contributed by atoms with Gasteiger partial charge < -0.3 is 10.6 Å². The Morgan fingerprint density at radius 2 is 2.36 bits per heavy atom. The summed E-state index contributed by atoms with van der Waals surface area (Å²) in [7, 11) is 0. The summed E-state index contributed by atoms with van der Waals surface area (Å²) in [4.78, 5) is 5.73. The van der Waals surface area contributed by atoms with Crippen LogP contribution in [0.3, 0.4) is 0 Å². The van der Waals surface area contributed by atoms with Gasteiger partial charge >= 0.3 is 0 Å². The summed E-state index contributed by atoms with van der Waals surface area (Å²) < 4.78 is 0. The maximum atomic E-state index is 4.37. The van der Waals surface area contributed by atoms with E-state index in [9.17, 15) is 0 Å². The van der Waals surface area contributed by atoms with E-state index < -0.39 is 0 Å². The highest BCUT2D eigenvalue weighted by molar-refractivity contribution is 7.15. The van der Waals surface area contributed by atoms with Crippen LogP contribution in [0.15, 0.2) is 6.20 Å². The van der Waals surface area contributed by atoms with Crippen LogP contribution >= 0.6 is 11.3 Å². The molecule has 1 aliphatic rings. The smallest absolute Gasteiger partial charge is 0.183 e. The van der Waals surface area contributed by atoms with Crippen molar-refractivity contribution in [2.24, 2.45) is 0 Å². The molecule has 1 fully saturated rings. The van der Waals surface area contributed by atoms with Crippen molar-refractivity contribution in [2.45, 2.75) is 32.2 Å². The van der Waals surface area contributed by atoms with Crippen LogP contribution in [0.25, 0.3) is 0 Å². The van der Waals surface area contributed by atoms with Crippen LogP contribution in [0.4, 0.5) is 5.13 Å². The molecule has 2 N–H and O–H groups in total. The molecule has 14 heavy (non-hydrogen) atoms. The standard InChI is InChI=1S/C10H17N3S/c1-2-9-7-12-10(14-9)13-8-3-5-11-6-4-8/h7-8,11H,2-6H2,1H3,(H,12,13). The summed E-state index contributed by atoms with van der Waals surface area (Å²) in [5, 5.41) is 7.95. The van der Waals surface area contributed by atoms with Crippen LogP contribution in [0.1, 0.15) is 24.6 Å². The highest BCUT2D eigenvalue weighted by Crippen LogP contribution is 2.20. The molecule has 2 heterocycles. The van der Waals surface area contributed by atoms with Crippen molar-refractivity contribution in [2.75, 3.05) is 18.4 Å². The van der Waals surface area contributed by atoms with Crippen molar-refractivity contribution >= 4 is 16.5 Å². The summed E-state index contributed by atoms with van der Waals surface area (Å²) in [5.41, 5.74) is 0. The number of hydrogen-bond acceptors (Lipinski definition) is 4. The summed E-state index contributed by atoms with van der Waals surface area (Å²) in [6, 6.07) is 0.618. The third-order valence-corrected chi connectivity index (χ3v) is 3.64. The molecule has 3 nitrogen and oxygen atoms in total. The number of nitrogens with one attached hydrogen (secondary N) is 2. The van der Waals surface area contributed by atoms with Gasteiger partial charge in [0.05, 0.1) is 0 Å². The predicted octanol–water partition coefficient (Wildman–Crippen LogP) is 1.87. The van der Waals surface area contributed by atoms with Gasteiger partial charge in [0.25, 0.3) is 0 Å². The lowest BCUT2D eigenvalue weighted by Gasteiger charge is -2.23. The zero-order valence-corrected chi connectivity index (χ0v) is 9.36. The van der Waals surface area contributed by atoms with E-state index in [-0.39, 0.29) is 0 Å². The predicted molar refractivity (Wildman–Crippen MR) is 61.0 cm³/mol. The van der Waals surface area contributed by atoms with Gasteiger partial charge in [0, 0.05) is 17.1 Å². The second kappa shape index (κ2) is 4.75. The molecule has 0 radical (unpaired) electrons. The van der Waals surface area contributed by atoms with Gasteiger partial charge in [0.1, 0.15) is 0 Å². The normalized spacial score (nSPS) is 18.4. The highest BCUT2D eigenvalue weighted by atomic mass is 32.1. The molecule has 0 saturated carbocycles. The fourth-order valence-corrected chi connectivity index (χ4v) is 2.51. The van der Waals surface area contributed by atoms with Crippen LogP contribution < -0.4 is 10.6 Å². The molecule has 0 aromatic carbocycles. The molecule has 2 rings (SSSR count). The van der Waals surface area contributed by atoms with Gasteiger partial charge in [0.2, 0.25) is 0 Å². The molecule has 78 valence electrons. The third kappa shape index (κ3) is 2.45. The number of nitrogens with zero attached hydrogens (tertiary/aromatic N) is 1. The molecular formula is C10H17N3S. The molecule has 0 amide bonds. The van der Waals surface area contributed by atoms with Crippen molar-refractivity contribution in [3.05, 3.63) is 11.1 Å². The Labute approximate surface area is 88.9 Å². The lowest BCUT2D eigenvalue weighted by molar-refractivity contribution is 0.479. The van der Waals surface area contributed by atoms with E-state index in [0.717, 1.165) is 24.6 Å². The lowest BCUT2D eigenvalue weighted by Crippen LogP contribution is -2.35. The van der Waals surface area contributed by atoms with E-state index in [1.807, 2.05) is 6.20 Å². The molecule has 0 aliphatic carbocycles. The van der Waals surface area contributed by atoms with Crippen LogP contribution in [0.2, 0.25) is 0 Å². The first-order valence-corrected chi connectivity index (χ1v) is 6.12. The van der Waals surface area contributed by atoms with Gasteiger partial charge in [-0.3, -0.25) is 0 Å². The lowest BCUT2D eigenvalue weighted by atomic mass is 10.1. The minimum Gasteiger partial charge on any atom is -0.359 e. The quantitative estimate of drug-likeness (QED) is 0.801. The van der Waals surface area contributed by atoms with Gasteiger partial charge in [0.15, 0.2) is 5.13 Å². The zero-order valence-electron chi connectivity index (χ0n) is 8.55. The zero-order chi connectivity index (χ0) is 9.80. The van der Waals surface area contributed by atoms with Gasteiger partial charge in [-0.15, -0.1) is 11.3 Å². The Bertz CT molecular complexity index is 279. The molecule has 1 aromatic rings. The number of anilines is 1. The second-order valence-corrected chi connectivity index (χ2v) is 4.77. The fourth-order valence-electron chi connectivity index (χ4n) is 1.68. The van der Waals surface area contributed by atoms with Crippen molar-refractivity contribution in [3.63, 3.8) is 0 Å². The van der Waals surface area contributed by atoms with E-state index in [1.165, 1.54) is 17.7 Å². The topological polar surface area (TPSA) is 37.0 Å². The Kier molecular flexibility index (Phi) is 3.37. The molecule has 1 aliphatic heterocycles. The van der Waals surface area contributed by atoms with Crippen molar-refractivity contribution in [3.8, 4) is 0 Å². The number of aromatic nitrogens is 1. The van der Waals surface area contributed by atoms with Crippen molar-refractivity contribution in [1.29, 1.82) is 0 Å². The average Bonchev–Trinajstić information content (AvgIpc) is 2.67. The number of rotatable bonds is 3. The Hall–Kier alpha value is -0.610. The first-order chi connectivity index (χ1) is 6.88. The summed E-state index contributed by atoms with van der Waals surface area (Å²) in [5.74, 6) is 0. The van der Waals surface area contributed by atoms with E-state index >= 15 is 0 Å². The summed E-state index contributed by atoms with van der Waals surface area (Å²) in [6.45, 7) is 4.43. The SMILES string of the molecule is CCc1cnc(NC2CCNCC2)s1. The van der Waals surface area contributed by atoms with Crippen LogP contribution in [-0.2, 0) is 6.42 Å². The fraction of sp³-hybridized carbons (Fsp3) is 0.700. The molecule has 1 saturated heterocycles. The first kappa shape index (κ1) is 9.93. The van der Waals surface area contributed by atoms with Gasteiger partial charge in [-0.2, -0.15) is 0 Å². The van der Waals surface area contributed by atoms with Crippen LogP contribution in [-0.4, -0.2) is 24.1 Å². The molecule has 1 aromatic heterocycles. The van der Waals surface area contributed by atoms with E-state index in [2.05, 4.69) is 22.5 Å². The maximum absolute atomic E-state index is 4.37. The van der Waals surface area contributed by atoms with Crippen molar-refractivity contribution in [1.82, 2.24) is 10.3 Å². The first-order valence-electron chi connectivity index (χ1n) is 5.30. The van der Waals surface area contributed by atoms with Crippen LogP contribution in [0.5, 0.6) is 0 Å². The molecule has 0 unspecified atom stereocenters. The molecule has 4 heteroatoms. The molecule has 0 bridgehead atoms. The Balaban J connectivity index is 1.89. The monoisotopic (exact) mass is 211 g/mol. The maximum Gasteiger partial charge on any atom is 0.183 e. The largest absolute Gasteiger partial charge is 0.359 e. The minimum absolute atomic E-state index is 0.618. The van der Waals surface area contributed by atoms with E-state index in [0.29, 0.717) is 6.04 Å². The van der Waals surface area contributed by atoms with Gasteiger partial charge in [-0.25, -0.2) is 4.98 Å². The van der Waals surface area contributed by atoms with Crippen LogP contribution in [0, 0.1) is 0 Å². The van der Waals surface area contributed by atoms with E-state index in [4.69, 9.17) is 0 Å². The number of thiazole rings is 1. The summed E-state index contributed by atoms with van der Waals surface area (Å²) in [6.07, 6.45) is 5.49. The van der Waals surface area contributed by atoms with Gasteiger partial charge in [-0.05, 0) is 32.4 Å². The average molecular weight is 211 g/mol. The molecule has 0 atom stereocenters. The summed E-state index contributed by atoms with van der Waals surface area (Å²) >= 11 is 1.78.